The molecule has 0 saturated heterocycles. The number of nitrogens with zero attached hydrogens (tertiary/aromatic N) is 2. The van der Waals surface area contributed by atoms with Crippen LogP contribution in [0.3, 0.4) is 0 Å². The van der Waals surface area contributed by atoms with Crippen molar-refractivity contribution >= 4 is 32.9 Å². The van der Waals surface area contributed by atoms with Gasteiger partial charge < -0.3 is 9.88 Å². The quantitative estimate of drug-likeness (QED) is 0.697. The summed E-state index contributed by atoms with van der Waals surface area (Å²) >= 11 is 3.45. The zero-order chi connectivity index (χ0) is 16.2. The van der Waals surface area contributed by atoms with Crippen molar-refractivity contribution in [3.05, 3.63) is 77.0 Å². The fourth-order valence-electron chi connectivity index (χ4n) is 2.45. The van der Waals surface area contributed by atoms with E-state index in [-0.39, 0.29) is 5.91 Å². The van der Waals surface area contributed by atoms with E-state index in [0.717, 1.165) is 21.3 Å². The minimum Gasteiger partial charge on any atom is -0.345 e. The Labute approximate surface area is 143 Å². The van der Waals surface area contributed by atoms with Crippen LogP contribution in [-0.4, -0.2) is 15.5 Å². The summed E-state index contributed by atoms with van der Waals surface area (Å²) in [5.41, 5.74) is 3.15. The average molecular weight is 370 g/mol. The highest BCUT2D eigenvalue weighted by Crippen LogP contribution is 2.19. The summed E-state index contributed by atoms with van der Waals surface area (Å²) in [4.78, 5) is 16.1. The first-order valence-electron chi connectivity index (χ1n) is 7.26. The molecule has 1 heterocycles. The van der Waals surface area contributed by atoms with Gasteiger partial charge in [-0.05, 0) is 35.9 Å². The summed E-state index contributed by atoms with van der Waals surface area (Å²) in [5, 5.41) is 2.80. The number of nitrogens with one attached hydrogen (secondary N) is 1. The van der Waals surface area contributed by atoms with Gasteiger partial charge in [-0.25, -0.2) is 4.98 Å². The number of carbonyl (C=O) groups excluding carboxylic acids is 1. The largest absolute Gasteiger partial charge is 0.345 e. The summed E-state index contributed by atoms with van der Waals surface area (Å²) in [7, 11) is 0. The van der Waals surface area contributed by atoms with Gasteiger partial charge in [0.2, 0.25) is 5.91 Å². The van der Waals surface area contributed by atoms with Crippen molar-refractivity contribution in [2.75, 3.05) is 0 Å². The lowest BCUT2D eigenvalue weighted by molar-refractivity contribution is -0.116. The van der Waals surface area contributed by atoms with E-state index in [0.29, 0.717) is 13.1 Å². The van der Waals surface area contributed by atoms with E-state index in [1.165, 1.54) is 11.6 Å². The van der Waals surface area contributed by atoms with E-state index < -0.39 is 0 Å². The maximum absolute atomic E-state index is 11.4. The Morgan fingerprint density at radius 3 is 2.70 bits per heavy atom. The zero-order valence-electron chi connectivity index (χ0n) is 12.5. The highest BCUT2D eigenvalue weighted by atomic mass is 79.9. The Kier molecular flexibility index (Phi) is 4.57. The van der Waals surface area contributed by atoms with Crippen molar-refractivity contribution in [1.29, 1.82) is 0 Å². The van der Waals surface area contributed by atoms with Gasteiger partial charge >= 0.3 is 0 Å². The lowest BCUT2D eigenvalue weighted by Gasteiger charge is -2.10. The van der Waals surface area contributed by atoms with E-state index in [2.05, 4.69) is 49.5 Å². The number of carbonyl (C=O) groups is 1. The monoisotopic (exact) mass is 369 g/mol. The van der Waals surface area contributed by atoms with Gasteiger partial charge in [-0.2, -0.15) is 0 Å². The lowest BCUT2D eigenvalue weighted by atomic mass is 10.2. The first-order chi connectivity index (χ1) is 11.2. The predicted molar refractivity (Wildman–Crippen MR) is 95.0 cm³/mol. The number of benzene rings is 2. The molecule has 0 spiro atoms. The van der Waals surface area contributed by atoms with Crippen LogP contribution in [0.2, 0.25) is 0 Å². The molecule has 2 aromatic carbocycles. The van der Waals surface area contributed by atoms with Crippen LogP contribution in [0.4, 0.5) is 0 Å². The fourth-order valence-corrected chi connectivity index (χ4v) is 2.71. The van der Waals surface area contributed by atoms with Crippen LogP contribution in [0.15, 0.2) is 65.7 Å². The van der Waals surface area contributed by atoms with Gasteiger partial charge in [0.15, 0.2) is 0 Å². The minimum atomic E-state index is -0.202. The number of halogens is 1. The number of para-hydroxylation sites is 2. The van der Waals surface area contributed by atoms with Gasteiger partial charge in [-0.15, -0.1) is 0 Å². The third-order valence-corrected chi connectivity index (χ3v) is 4.12. The first kappa shape index (κ1) is 15.5. The number of rotatable bonds is 5. The Morgan fingerprint density at radius 1 is 1.22 bits per heavy atom. The SMILES string of the molecule is C=CC(=O)NCc1nc2ccccc2n1Cc1ccc(Br)cc1. The molecule has 0 unspecified atom stereocenters. The molecule has 1 N–H and O–H groups in total. The molecule has 3 rings (SSSR count). The fraction of sp³-hybridized carbons (Fsp3) is 0.111. The van der Waals surface area contributed by atoms with E-state index in [1.54, 1.807) is 0 Å². The molecule has 0 atom stereocenters. The molecule has 0 aliphatic heterocycles. The second-order valence-corrected chi connectivity index (χ2v) is 6.07. The standard InChI is InChI=1S/C18H16BrN3O/c1-2-18(23)20-11-17-21-15-5-3-4-6-16(15)22(17)12-13-7-9-14(19)10-8-13/h2-10H,1,11-12H2,(H,20,23). The van der Waals surface area contributed by atoms with Crippen LogP contribution in [0.1, 0.15) is 11.4 Å². The third-order valence-electron chi connectivity index (χ3n) is 3.59. The van der Waals surface area contributed by atoms with Crippen LogP contribution in [0.25, 0.3) is 11.0 Å². The summed E-state index contributed by atoms with van der Waals surface area (Å²) in [5.74, 6) is 0.622. The summed E-state index contributed by atoms with van der Waals surface area (Å²) < 4.78 is 3.18. The number of fused-ring (bicyclic) bond motifs is 1. The third kappa shape index (κ3) is 3.51. The van der Waals surface area contributed by atoms with Crippen molar-refractivity contribution in [2.24, 2.45) is 0 Å². The smallest absolute Gasteiger partial charge is 0.243 e. The molecule has 23 heavy (non-hydrogen) atoms. The second-order valence-electron chi connectivity index (χ2n) is 5.15. The Morgan fingerprint density at radius 2 is 1.96 bits per heavy atom. The molecule has 0 bridgehead atoms. The molecular formula is C18H16BrN3O. The van der Waals surface area contributed by atoms with Gasteiger partial charge in [0.1, 0.15) is 5.82 Å². The molecule has 4 nitrogen and oxygen atoms in total. The van der Waals surface area contributed by atoms with Crippen LogP contribution in [0.5, 0.6) is 0 Å². The molecule has 1 aromatic heterocycles. The Hall–Kier alpha value is -2.40. The number of aromatic nitrogens is 2. The molecule has 0 aliphatic rings. The van der Waals surface area contributed by atoms with E-state index in [1.807, 2.05) is 36.4 Å². The van der Waals surface area contributed by atoms with Crippen LogP contribution in [-0.2, 0) is 17.9 Å². The molecule has 0 radical (unpaired) electrons. The molecule has 5 heteroatoms. The second kappa shape index (κ2) is 6.79. The van der Waals surface area contributed by atoms with E-state index in [4.69, 9.17) is 0 Å². The van der Waals surface area contributed by atoms with Gasteiger partial charge in [0.25, 0.3) is 0 Å². The maximum atomic E-state index is 11.4. The van der Waals surface area contributed by atoms with Gasteiger partial charge in [0.05, 0.1) is 17.6 Å². The molecule has 0 saturated carbocycles. The van der Waals surface area contributed by atoms with Crippen molar-refractivity contribution in [3.63, 3.8) is 0 Å². The van der Waals surface area contributed by atoms with Crippen molar-refractivity contribution in [3.8, 4) is 0 Å². The first-order valence-corrected chi connectivity index (χ1v) is 8.05. The average Bonchev–Trinajstić information content (AvgIpc) is 2.92. The molecule has 1 amide bonds. The van der Waals surface area contributed by atoms with E-state index in [9.17, 15) is 4.79 Å². The minimum absolute atomic E-state index is 0.202. The highest BCUT2D eigenvalue weighted by Gasteiger charge is 2.11. The zero-order valence-corrected chi connectivity index (χ0v) is 14.1. The summed E-state index contributed by atoms with van der Waals surface area (Å²) in [6, 6.07) is 16.2. The normalized spacial score (nSPS) is 10.7. The lowest BCUT2D eigenvalue weighted by Crippen LogP contribution is -2.22. The predicted octanol–water partition coefficient (Wildman–Crippen LogP) is 3.65. The van der Waals surface area contributed by atoms with E-state index >= 15 is 0 Å². The van der Waals surface area contributed by atoms with Gasteiger partial charge in [-0.1, -0.05) is 46.8 Å². The molecular weight excluding hydrogens is 354 g/mol. The summed E-state index contributed by atoms with van der Waals surface area (Å²) in [6.45, 7) is 4.54. The van der Waals surface area contributed by atoms with Crippen LogP contribution < -0.4 is 5.32 Å². The number of hydrogen-bond acceptors (Lipinski definition) is 2. The van der Waals surface area contributed by atoms with Gasteiger partial charge in [0, 0.05) is 11.0 Å². The van der Waals surface area contributed by atoms with Gasteiger partial charge in [-0.3, -0.25) is 4.79 Å². The van der Waals surface area contributed by atoms with Crippen molar-refractivity contribution < 1.29 is 4.79 Å². The number of imidazole rings is 1. The summed E-state index contributed by atoms with van der Waals surface area (Å²) in [6.07, 6.45) is 1.27. The number of amides is 1. The topological polar surface area (TPSA) is 46.9 Å². The maximum Gasteiger partial charge on any atom is 0.243 e. The highest BCUT2D eigenvalue weighted by molar-refractivity contribution is 9.10. The molecule has 3 aromatic rings. The van der Waals surface area contributed by atoms with Crippen molar-refractivity contribution in [2.45, 2.75) is 13.1 Å². The van der Waals surface area contributed by atoms with Crippen molar-refractivity contribution in [1.82, 2.24) is 14.9 Å². The Bertz CT molecular complexity index is 852. The molecule has 0 aliphatic carbocycles. The van der Waals surface area contributed by atoms with Crippen LogP contribution in [0, 0.1) is 0 Å². The Balaban J connectivity index is 1.96. The molecule has 0 fully saturated rings. The molecule has 116 valence electrons. The van der Waals surface area contributed by atoms with Crippen LogP contribution >= 0.6 is 15.9 Å². The number of hydrogen-bond donors (Lipinski definition) is 1.